The molecule has 1 aromatic carbocycles. The molecular formula is C39H67N5O7. The number of rotatable bonds is 20. The highest BCUT2D eigenvalue weighted by Gasteiger charge is 2.43. The minimum atomic E-state index is -0.875. The van der Waals surface area contributed by atoms with Gasteiger partial charge in [-0.3, -0.25) is 19.2 Å². The van der Waals surface area contributed by atoms with Gasteiger partial charge in [0.15, 0.2) is 0 Å². The van der Waals surface area contributed by atoms with Crippen molar-refractivity contribution in [2.24, 2.45) is 23.7 Å². The van der Waals surface area contributed by atoms with Gasteiger partial charge in [-0.05, 0) is 50.1 Å². The van der Waals surface area contributed by atoms with E-state index in [2.05, 4.69) is 16.0 Å². The SMILES string of the molecule is CC[C@H](C)[C@H]([C@H](CC(=O)N1CCC[C@@H]1[C@H](OC)[C@H](C)C(=O)N[C@H](C)[C@H](O)c1ccccc1)OC)N(C)C(=O)[C@H](NC(=O)[C@@H](NC)C(C)C)C(C)C. The second-order valence-corrected chi connectivity index (χ2v) is 15.0. The number of likely N-dealkylation sites (tertiary alicyclic amines) is 1. The second-order valence-electron chi connectivity index (χ2n) is 15.0. The van der Waals surface area contributed by atoms with Crippen LogP contribution in [-0.4, -0.2) is 116 Å². The van der Waals surface area contributed by atoms with E-state index in [0.29, 0.717) is 18.5 Å². The zero-order chi connectivity index (χ0) is 38.6. The molecule has 0 bridgehead atoms. The predicted octanol–water partition coefficient (Wildman–Crippen LogP) is 3.53. The van der Waals surface area contributed by atoms with E-state index in [0.717, 1.165) is 12.8 Å². The third kappa shape index (κ3) is 11.5. The summed E-state index contributed by atoms with van der Waals surface area (Å²) >= 11 is 0. The van der Waals surface area contributed by atoms with E-state index >= 15 is 0 Å². The summed E-state index contributed by atoms with van der Waals surface area (Å²) in [6, 6.07) is 6.67. The van der Waals surface area contributed by atoms with Crippen LogP contribution in [0.4, 0.5) is 0 Å². The molecule has 12 nitrogen and oxygen atoms in total. The zero-order valence-electron chi connectivity index (χ0n) is 33.1. The first kappa shape index (κ1) is 44.1. The Morgan fingerprint density at radius 1 is 0.922 bits per heavy atom. The summed E-state index contributed by atoms with van der Waals surface area (Å²) in [6.45, 7) is 15.9. The molecule has 4 N–H and O–H groups in total. The van der Waals surface area contributed by atoms with Gasteiger partial charge in [-0.1, -0.05) is 85.2 Å². The van der Waals surface area contributed by atoms with Crippen molar-refractivity contribution in [3.8, 4) is 0 Å². The van der Waals surface area contributed by atoms with Crippen LogP contribution in [0.1, 0.15) is 92.7 Å². The molecule has 1 aliphatic rings. The van der Waals surface area contributed by atoms with Gasteiger partial charge in [-0.25, -0.2) is 0 Å². The molecule has 0 saturated carbocycles. The molecular weight excluding hydrogens is 650 g/mol. The summed E-state index contributed by atoms with van der Waals surface area (Å²) in [6.07, 6.45) is 0.147. The van der Waals surface area contributed by atoms with Crippen LogP contribution in [0, 0.1) is 23.7 Å². The number of aliphatic hydroxyl groups is 1. The minimum absolute atomic E-state index is 0.0148. The maximum atomic E-state index is 14.1. The molecule has 0 aromatic heterocycles. The number of carbonyl (C=O) groups is 4. The fraction of sp³-hybridized carbons (Fsp3) is 0.744. The molecule has 0 spiro atoms. The number of amides is 4. The Hall–Kier alpha value is -3.06. The molecule has 1 fully saturated rings. The topological polar surface area (TPSA) is 150 Å². The molecule has 0 radical (unpaired) electrons. The van der Waals surface area contributed by atoms with E-state index in [4.69, 9.17) is 9.47 Å². The predicted molar refractivity (Wildman–Crippen MR) is 200 cm³/mol. The van der Waals surface area contributed by atoms with Crippen molar-refractivity contribution < 1.29 is 33.8 Å². The Bertz CT molecular complexity index is 1250. The Labute approximate surface area is 306 Å². The van der Waals surface area contributed by atoms with Crippen LogP contribution in [0.3, 0.4) is 0 Å². The van der Waals surface area contributed by atoms with Gasteiger partial charge in [0.05, 0.1) is 54.8 Å². The van der Waals surface area contributed by atoms with Gasteiger partial charge in [-0.15, -0.1) is 0 Å². The molecule has 51 heavy (non-hydrogen) atoms. The van der Waals surface area contributed by atoms with Crippen LogP contribution in [0.15, 0.2) is 30.3 Å². The summed E-state index contributed by atoms with van der Waals surface area (Å²) in [7, 11) is 6.57. The van der Waals surface area contributed by atoms with E-state index in [-0.39, 0.29) is 53.8 Å². The lowest BCUT2D eigenvalue weighted by atomic mass is 9.89. The Kier molecular flexibility index (Phi) is 18.0. The van der Waals surface area contributed by atoms with Gasteiger partial charge in [0.1, 0.15) is 6.04 Å². The summed E-state index contributed by atoms with van der Waals surface area (Å²) in [4.78, 5) is 58.3. The molecule has 2 rings (SSSR count). The number of benzene rings is 1. The number of methoxy groups -OCH3 is 2. The number of nitrogens with zero attached hydrogens (tertiary/aromatic N) is 2. The van der Waals surface area contributed by atoms with E-state index in [1.807, 2.05) is 71.9 Å². The summed E-state index contributed by atoms with van der Waals surface area (Å²) in [5, 5.41) is 19.8. The van der Waals surface area contributed by atoms with Crippen molar-refractivity contribution in [1.82, 2.24) is 25.8 Å². The average molecular weight is 718 g/mol. The maximum absolute atomic E-state index is 14.1. The number of ether oxygens (including phenoxy) is 2. The van der Waals surface area contributed by atoms with Crippen LogP contribution in [-0.2, 0) is 28.7 Å². The number of nitrogens with one attached hydrogen (secondary N) is 3. The van der Waals surface area contributed by atoms with Gasteiger partial charge < -0.3 is 40.3 Å². The number of carbonyl (C=O) groups excluding carboxylic acids is 4. The number of likely N-dealkylation sites (N-methyl/N-ethyl adjacent to an activating group) is 2. The third-order valence-corrected chi connectivity index (χ3v) is 10.7. The Morgan fingerprint density at radius 2 is 1.53 bits per heavy atom. The lowest BCUT2D eigenvalue weighted by molar-refractivity contribution is -0.148. The smallest absolute Gasteiger partial charge is 0.245 e. The molecule has 290 valence electrons. The number of hydrogen-bond donors (Lipinski definition) is 4. The van der Waals surface area contributed by atoms with Crippen LogP contribution in [0.2, 0.25) is 0 Å². The van der Waals surface area contributed by atoms with Crippen molar-refractivity contribution in [2.45, 2.75) is 130 Å². The molecule has 4 amide bonds. The van der Waals surface area contributed by atoms with Crippen molar-refractivity contribution in [3.05, 3.63) is 35.9 Å². The van der Waals surface area contributed by atoms with Gasteiger partial charge in [0.25, 0.3) is 0 Å². The van der Waals surface area contributed by atoms with Crippen LogP contribution in [0.25, 0.3) is 0 Å². The third-order valence-electron chi connectivity index (χ3n) is 10.7. The molecule has 0 unspecified atom stereocenters. The van der Waals surface area contributed by atoms with Gasteiger partial charge >= 0.3 is 0 Å². The number of aliphatic hydroxyl groups excluding tert-OH is 1. The van der Waals surface area contributed by atoms with Crippen LogP contribution >= 0.6 is 0 Å². The van der Waals surface area contributed by atoms with Crippen molar-refractivity contribution in [3.63, 3.8) is 0 Å². The number of hydrogen-bond acceptors (Lipinski definition) is 8. The second kappa shape index (κ2) is 20.8. The fourth-order valence-corrected chi connectivity index (χ4v) is 7.42. The Morgan fingerprint density at radius 3 is 2.04 bits per heavy atom. The zero-order valence-corrected chi connectivity index (χ0v) is 33.1. The lowest BCUT2D eigenvalue weighted by Crippen LogP contribution is -2.59. The molecule has 10 atom stereocenters. The van der Waals surface area contributed by atoms with Gasteiger partial charge in [0, 0.05) is 27.8 Å². The monoisotopic (exact) mass is 718 g/mol. The minimum Gasteiger partial charge on any atom is -0.386 e. The summed E-state index contributed by atoms with van der Waals surface area (Å²) in [5.74, 6) is -1.62. The van der Waals surface area contributed by atoms with Crippen molar-refractivity contribution in [2.75, 3.05) is 34.9 Å². The molecule has 12 heteroatoms. The first-order valence-electron chi connectivity index (χ1n) is 18.7. The standard InChI is InChI=1S/C39H67N5O7/c1-13-25(6)34(43(10)39(49)33(24(4)5)42-38(48)32(40-9)23(2)3)30(50-11)22-31(45)44-21-17-20-29(44)36(51-12)26(7)37(47)41-27(8)35(46)28-18-15-14-16-19-28/h14-16,18-19,23-27,29-30,32-36,40,46H,13,17,20-22H2,1-12H3,(H,41,47)(H,42,48)/t25-,26-,27+,29+,30-,32-,33+,34+,35-,36+/m0/s1. The Balaban J connectivity index is 2.24. The van der Waals surface area contributed by atoms with Crippen molar-refractivity contribution >= 4 is 23.6 Å². The van der Waals surface area contributed by atoms with E-state index < -0.39 is 48.4 Å². The normalized spacial score (nSPS) is 20.1. The lowest BCUT2D eigenvalue weighted by Gasteiger charge is -2.41. The average Bonchev–Trinajstić information content (AvgIpc) is 3.59. The van der Waals surface area contributed by atoms with Gasteiger partial charge in [0.2, 0.25) is 23.6 Å². The van der Waals surface area contributed by atoms with Gasteiger partial charge in [-0.2, -0.15) is 0 Å². The first-order chi connectivity index (χ1) is 24.0. The fourth-order valence-electron chi connectivity index (χ4n) is 7.42. The summed E-state index contributed by atoms with van der Waals surface area (Å²) < 4.78 is 11.9. The largest absolute Gasteiger partial charge is 0.386 e. The highest BCUT2D eigenvalue weighted by Crippen LogP contribution is 2.30. The van der Waals surface area contributed by atoms with Crippen LogP contribution < -0.4 is 16.0 Å². The molecule has 1 heterocycles. The maximum Gasteiger partial charge on any atom is 0.245 e. The van der Waals surface area contributed by atoms with Crippen LogP contribution in [0.5, 0.6) is 0 Å². The van der Waals surface area contributed by atoms with E-state index in [1.165, 1.54) is 0 Å². The quantitative estimate of drug-likeness (QED) is 0.160. The van der Waals surface area contributed by atoms with E-state index in [9.17, 15) is 24.3 Å². The summed E-state index contributed by atoms with van der Waals surface area (Å²) in [5.41, 5.74) is 0.711. The highest BCUT2D eigenvalue weighted by atomic mass is 16.5. The van der Waals surface area contributed by atoms with Crippen molar-refractivity contribution in [1.29, 1.82) is 0 Å². The van der Waals surface area contributed by atoms with E-state index in [1.54, 1.807) is 52.0 Å². The molecule has 1 aromatic rings. The highest BCUT2D eigenvalue weighted by molar-refractivity contribution is 5.90. The molecule has 1 saturated heterocycles. The molecule has 1 aliphatic heterocycles. The molecule has 0 aliphatic carbocycles. The first-order valence-corrected chi connectivity index (χ1v) is 18.7.